The van der Waals surface area contributed by atoms with Crippen LogP contribution in [0.1, 0.15) is 5.56 Å². The first kappa shape index (κ1) is 18.7. The lowest BCUT2D eigenvalue weighted by atomic mass is 10.2. The molecule has 0 unspecified atom stereocenters. The molecule has 0 aliphatic rings. The fourth-order valence-corrected chi connectivity index (χ4v) is 4.16. The van der Waals surface area contributed by atoms with Gasteiger partial charge in [0, 0.05) is 13.6 Å². The van der Waals surface area contributed by atoms with Crippen LogP contribution in [0.5, 0.6) is 0 Å². The van der Waals surface area contributed by atoms with Crippen LogP contribution in [-0.4, -0.2) is 32.8 Å². The van der Waals surface area contributed by atoms with Crippen LogP contribution in [0.15, 0.2) is 53.4 Å². The first-order valence-electron chi connectivity index (χ1n) is 7.03. The molecule has 0 radical (unpaired) electrons. The molecule has 0 bridgehead atoms. The lowest BCUT2D eigenvalue weighted by molar-refractivity contribution is -0.129. The topological polar surface area (TPSA) is 66.5 Å². The van der Waals surface area contributed by atoms with Crippen LogP contribution < -0.4 is 4.72 Å². The number of halogens is 2. The Labute approximate surface area is 151 Å². The van der Waals surface area contributed by atoms with Gasteiger partial charge in [0.1, 0.15) is 4.90 Å². The van der Waals surface area contributed by atoms with E-state index in [9.17, 15) is 13.2 Å². The van der Waals surface area contributed by atoms with Crippen molar-refractivity contribution in [3.8, 4) is 0 Å². The van der Waals surface area contributed by atoms with Crippen LogP contribution in [0.3, 0.4) is 0 Å². The van der Waals surface area contributed by atoms with Gasteiger partial charge in [-0.3, -0.25) is 4.79 Å². The predicted octanol–water partition coefficient (Wildman–Crippen LogP) is 2.93. The number of likely N-dealkylation sites (N-methyl/N-ethyl adjacent to an activating group) is 1. The van der Waals surface area contributed by atoms with Gasteiger partial charge in [-0.1, -0.05) is 59.6 Å². The zero-order valence-corrected chi connectivity index (χ0v) is 15.2. The van der Waals surface area contributed by atoms with E-state index in [1.54, 1.807) is 13.1 Å². The molecule has 0 aromatic heterocycles. The highest BCUT2D eigenvalue weighted by atomic mass is 35.5. The van der Waals surface area contributed by atoms with Crippen molar-refractivity contribution in [2.75, 3.05) is 13.6 Å². The summed E-state index contributed by atoms with van der Waals surface area (Å²) in [4.78, 5) is 13.3. The van der Waals surface area contributed by atoms with E-state index in [4.69, 9.17) is 23.2 Å². The van der Waals surface area contributed by atoms with Crippen molar-refractivity contribution < 1.29 is 13.2 Å². The molecule has 1 amide bonds. The van der Waals surface area contributed by atoms with Crippen molar-refractivity contribution in [1.29, 1.82) is 0 Å². The number of sulfonamides is 1. The summed E-state index contributed by atoms with van der Waals surface area (Å²) in [7, 11) is -2.38. The van der Waals surface area contributed by atoms with Crippen molar-refractivity contribution in [3.05, 3.63) is 64.1 Å². The van der Waals surface area contributed by atoms with E-state index in [1.165, 1.54) is 17.0 Å². The SMILES string of the molecule is CN(Cc1ccccc1)C(=O)CNS(=O)(=O)c1c(Cl)cccc1Cl. The predicted molar refractivity (Wildman–Crippen MR) is 94.6 cm³/mol. The van der Waals surface area contributed by atoms with Gasteiger partial charge in [-0.15, -0.1) is 0 Å². The van der Waals surface area contributed by atoms with Crippen LogP contribution >= 0.6 is 23.2 Å². The van der Waals surface area contributed by atoms with Gasteiger partial charge in [-0.05, 0) is 17.7 Å². The van der Waals surface area contributed by atoms with Crippen molar-refractivity contribution in [1.82, 2.24) is 9.62 Å². The molecule has 0 spiro atoms. The molecule has 0 aliphatic carbocycles. The summed E-state index contributed by atoms with van der Waals surface area (Å²) in [5.41, 5.74) is 0.949. The molecule has 0 saturated carbocycles. The van der Waals surface area contributed by atoms with Gasteiger partial charge in [0.2, 0.25) is 15.9 Å². The van der Waals surface area contributed by atoms with Crippen LogP contribution in [-0.2, 0) is 21.4 Å². The first-order chi connectivity index (χ1) is 11.3. The Hall–Kier alpha value is -1.60. The van der Waals surface area contributed by atoms with Crippen molar-refractivity contribution >= 4 is 39.1 Å². The number of amides is 1. The van der Waals surface area contributed by atoms with Gasteiger partial charge in [0.15, 0.2) is 0 Å². The second-order valence-electron chi connectivity index (χ2n) is 5.11. The second kappa shape index (κ2) is 7.98. The van der Waals surface area contributed by atoms with E-state index in [-0.39, 0.29) is 27.4 Å². The second-order valence-corrected chi connectivity index (χ2v) is 7.63. The Morgan fingerprint density at radius 3 is 2.21 bits per heavy atom. The minimum Gasteiger partial charge on any atom is -0.340 e. The van der Waals surface area contributed by atoms with Crippen LogP contribution in [0, 0.1) is 0 Å². The largest absolute Gasteiger partial charge is 0.340 e. The molecular formula is C16H16Cl2N2O3S. The molecule has 24 heavy (non-hydrogen) atoms. The summed E-state index contributed by atoms with van der Waals surface area (Å²) in [5.74, 6) is -0.370. The molecule has 128 valence electrons. The van der Waals surface area contributed by atoms with Crippen LogP contribution in [0.2, 0.25) is 10.0 Å². The maximum atomic E-state index is 12.3. The highest BCUT2D eigenvalue weighted by Gasteiger charge is 2.23. The fraction of sp³-hybridized carbons (Fsp3) is 0.188. The van der Waals surface area contributed by atoms with Crippen molar-refractivity contribution in [3.63, 3.8) is 0 Å². The smallest absolute Gasteiger partial charge is 0.244 e. The third kappa shape index (κ3) is 4.70. The minimum absolute atomic E-state index is 0.0000825. The molecular weight excluding hydrogens is 371 g/mol. The first-order valence-corrected chi connectivity index (χ1v) is 9.27. The summed E-state index contributed by atoms with van der Waals surface area (Å²) in [6.45, 7) is 0.00146. The van der Waals surface area contributed by atoms with E-state index >= 15 is 0 Å². The minimum atomic E-state index is -3.98. The Kier molecular flexibility index (Phi) is 6.23. The number of hydrogen-bond acceptors (Lipinski definition) is 3. The van der Waals surface area contributed by atoms with Gasteiger partial charge >= 0.3 is 0 Å². The molecule has 2 aromatic rings. The van der Waals surface area contributed by atoms with Crippen molar-refractivity contribution in [2.24, 2.45) is 0 Å². The molecule has 0 saturated heterocycles. The standard InChI is InChI=1S/C16H16Cl2N2O3S/c1-20(11-12-6-3-2-4-7-12)15(21)10-19-24(22,23)16-13(17)8-5-9-14(16)18/h2-9,19H,10-11H2,1H3. The highest BCUT2D eigenvalue weighted by molar-refractivity contribution is 7.89. The molecule has 0 heterocycles. The van der Waals surface area contributed by atoms with Crippen LogP contribution in [0.4, 0.5) is 0 Å². The van der Waals surface area contributed by atoms with Crippen molar-refractivity contribution in [2.45, 2.75) is 11.4 Å². The Morgan fingerprint density at radius 2 is 1.62 bits per heavy atom. The summed E-state index contributed by atoms with van der Waals surface area (Å²) in [5, 5.41) is 0.000165. The summed E-state index contributed by atoms with van der Waals surface area (Å²) < 4.78 is 26.9. The van der Waals surface area contributed by atoms with E-state index in [0.29, 0.717) is 6.54 Å². The summed E-state index contributed by atoms with van der Waals surface area (Å²) in [6, 6.07) is 13.8. The Bertz CT molecular complexity index is 806. The van der Waals surface area contributed by atoms with Crippen LogP contribution in [0.25, 0.3) is 0 Å². The number of carbonyl (C=O) groups excluding carboxylic acids is 1. The van der Waals surface area contributed by atoms with Gasteiger partial charge in [-0.25, -0.2) is 13.1 Å². The molecule has 2 aromatic carbocycles. The zero-order valence-electron chi connectivity index (χ0n) is 12.9. The molecule has 8 heteroatoms. The maximum absolute atomic E-state index is 12.3. The summed E-state index contributed by atoms with van der Waals surface area (Å²) >= 11 is 11.8. The lowest BCUT2D eigenvalue weighted by Gasteiger charge is -2.18. The number of hydrogen-bond donors (Lipinski definition) is 1. The molecule has 2 rings (SSSR count). The van der Waals surface area contributed by atoms with E-state index < -0.39 is 10.0 Å². The maximum Gasteiger partial charge on any atom is 0.244 e. The van der Waals surface area contributed by atoms with E-state index in [0.717, 1.165) is 5.56 Å². The molecule has 5 nitrogen and oxygen atoms in total. The molecule has 1 N–H and O–H groups in total. The van der Waals surface area contributed by atoms with E-state index in [1.807, 2.05) is 30.3 Å². The third-order valence-corrected chi connectivity index (χ3v) is 5.65. The average molecular weight is 387 g/mol. The number of rotatable bonds is 6. The number of nitrogens with one attached hydrogen (secondary N) is 1. The van der Waals surface area contributed by atoms with Gasteiger partial charge in [0.25, 0.3) is 0 Å². The molecule has 0 aliphatic heterocycles. The highest BCUT2D eigenvalue weighted by Crippen LogP contribution is 2.28. The number of nitrogens with zero attached hydrogens (tertiary/aromatic N) is 1. The Balaban J connectivity index is 2.02. The fourth-order valence-electron chi connectivity index (χ4n) is 2.05. The van der Waals surface area contributed by atoms with Gasteiger partial charge in [-0.2, -0.15) is 0 Å². The normalized spacial score (nSPS) is 11.3. The zero-order chi connectivity index (χ0) is 17.7. The average Bonchev–Trinajstić information content (AvgIpc) is 2.53. The van der Waals surface area contributed by atoms with Gasteiger partial charge in [0.05, 0.1) is 16.6 Å². The number of carbonyl (C=O) groups is 1. The quantitative estimate of drug-likeness (QED) is 0.829. The number of benzene rings is 2. The molecule has 0 fully saturated rings. The van der Waals surface area contributed by atoms with E-state index in [2.05, 4.69) is 4.72 Å². The molecule has 0 atom stereocenters. The lowest BCUT2D eigenvalue weighted by Crippen LogP contribution is -2.37. The Morgan fingerprint density at radius 1 is 1.04 bits per heavy atom. The monoisotopic (exact) mass is 386 g/mol. The third-order valence-electron chi connectivity index (χ3n) is 3.29. The van der Waals surface area contributed by atoms with Gasteiger partial charge < -0.3 is 4.90 Å². The summed E-state index contributed by atoms with van der Waals surface area (Å²) in [6.07, 6.45) is 0.